The predicted molar refractivity (Wildman–Crippen MR) is 102 cm³/mol. The second kappa shape index (κ2) is 7.79. The van der Waals surface area contributed by atoms with Crippen LogP contribution in [0.15, 0.2) is 55.0 Å². The van der Waals surface area contributed by atoms with Crippen LogP contribution >= 0.6 is 0 Å². The molecule has 1 aromatic carbocycles. The minimum Gasteiger partial charge on any atom is -0.336 e. The average Bonchev–Trinajstić information content (AvgIpc) is 2.73. The molecule has 3 aromatic rings. The summed E-state index contributed by atoms with van der Waals surface area (Å²) in [6.07, 6.45) is -0.144. The van der Waals surface area contributed by atoms with Gasteiger partial charge in [0.2, 0.25) is 0 Å². The van der Waals surface area contributed by atoms with Crippen molar-refractivity contribution in [3.8, 4) is 0 Å². The summed E-state index contributed by atoms with van der Waals surface area (Å²) in [5.41, 5.74) is 0.0301. The summed E-state index contributed by atoms with van der Waals surface area (Å²) < 4.78 is 41.4. The molecule has 4 rings (SSSR count). The van der Waals surface area contributed by atoms with Crippen LogP contribution in [0.3, 0.4) is 0 Å². The first-order chi connectivity index (χ1) is 13.9. The van der Waals surface area contributed by atoms with Crippen LogP contribution in [0, 0.1) is 0 Å². The van der Waals surface area contributed by atoms with Gasteiger partial charge in [-0.3, -0.25) is 19.7 Å². The smallest absolute Gasteiger partial charge is 0.336 e. The van der Waals surface area contributed by atoms with Crippen LogP contribution in [0.5, 0.6) is 0 Å². The lowest BCUT2D eigenvalue weighted by Crippen LogP contribution is -2.48. The van der Waals surface area contributed by atoms with Crippen LogP contribution in [0.4, 0.5) is 13.2 Å². The average molecular weight is 400 g/mol. The number of pyridine rings is 2. The van der Waals surface area contributed by atoms with Crippen molar-refractivity contribution in [2.45, 2.75) is 12.7 Å². The van der Waals surface area contributed by atoms with E-state index in [1.807, 2.05) is 12.1 Å². The first-order valence-corrected chi connectivity index (χ1v) is 9.29. The van der Waals surface area contributed by atoms with E-state index in [0.29, 0.717) is 26.2 Å². The Bertz CT molecular complexity index is 1020. The molecule has 1 aliphatic heterocycles. The van der Waals surface area contributed by atoms with E-state index >= 15 is 0 Å². The monoisotopic (exact) mass is 400 g/mol. The van der Waals surface area contributed by atoms with Crippen molar-refractivity contribution in [2.24, 2.45) is 0 Å². The molecule has 5 nitrogen and oxygen atoms in total. The zero-order valence-electron chi connectivity index (χ0n) is 15.6. The minimum atomic E-state index is -4.64. The molecule has 0 N–H and O–H groups in total. The third kappa shape index (κ3) is 4.07. The Balaban J connectivity index is 1.54. The highest BCUT2D eigenvalue weighted by Crippen LogP contribution is 2.37. The molecular formula is C21H19F3N4O. The van der Waals surface area contributed by atoms with Crippen LogP contribution in [-0.2, 0) is 12.7 Å². The normalized spacial score (nSPS) is 15.6. The second-order valence-corrected chi connectivity index (χ2v) is 6.99. The number of benzene rings is 1. The number of amides is 1. The number of nitrogens with zero attached hydrogens (tertiary/aromatic N) is 4. The van der Waals surface area contributed by atoms with Crippen LogP contribution in [0.2, 0.25) is 0 Å². The Labute approximate surface area is 165 Å². The van der Waals surface area contributed by atoms with E-state index < -0.39 is 23.2 Å². The molecule has 1 aliphatic rings. The summed E-state index contributed by atoms with van der Waals surface area (Å²) in [5, 5.41) is -0.0535. The molecule has 1 fully saturated rings. The lowest BCUT2D eigenvalue weighted by Gasteiger charge is -2.35. The van der Waals surface area contributed by atoms with Crippen molar-refractivity contribution in [1.82, 2.24) is 19.8 Å². The third-order valence-corrected chi connectivity index (χ3v) is 5.10. The summed E-state index contributed by atoms with van der Waals surface area (Å²) in [4.78, 5) is 24.6. The molecule has 0 radical (unpaired) electrons. The highest BCUT2D eigenvalue weighted by Gasteiger charge is 2.39. The number of hydrogen-bond acceptors (Lipinski definition) is 4. The van der Waals surface area contributed by atoms with E-state index in [2.05, 4.69) is 14.9 Å². The summed E-state index contributed by atoms with van der Waals surface area (Å²) in [6.45, 7) is 2.64. The molecule has 150 valence electrons. The van der Waals surface area contributed by atoms with Gasteiger partial charge in [-0.2, -0.15) is 13.2 Å². The van der Waals surface area contributed by atoms with E-state index in [9.17, 15) is 18.0 Å². The number of hydrogen-bond donors (Lipinski definition) is 0. The summed E-state index contributed by atoms with van der Waals surface area (Å²) in [5.74, 6) is -0.626. The Hall–Kier alpha value is -3.00. The van der Waals surface area contributed by atoms with E-state index in [0.717, 1.165) is 18.3 Å². The summed E-state index contributed by atoms with van der Waals surface area (Å²) in [7, 11) is 0. The fraction of sp³-hybridized carbons (Fsp3) is 0.286. The minimum absolute atomic E-state index is 0.0535. The third-order valence-electron chi connectivity index (χ3n) is 5.10. The maximum Gasteiger partial charge on any atom is 0.417 e. The molecule has 29 heavy (non-hydrogen) atoms. The molecular weight excluding hydrogens is 381 g/mol. The first-order valence-electron chi connectivity index (χ1n) is 9.29. The number of carbonyl (C=O) groups excluding carboxylic acids is 1. The summed E-state index contributed by atoms with van der Waals surface area (Å²) >= 11 is 0. The van der Waals surface area contributed by atoms with Crippen LogP contribution in [0.25, 0.3) is 10.9 Å². The molecule has 0 spiro atoms. The van der Waals surface area contributed by atoms with E-state index in [1.165, 1.54) is 23.1 Å². The van der Waals surface area contributed by atoms with E-state index in [1.54, 1.807) is 18.5 Å². The van der Waals surface area contributed by atoms with Gasteiger partial charge in [0.25, 0.3) is 5.91 Å². The molecule has 2 aromatic heterocycles. The van der Waals surface area contributed by atoms with Crippen molar-refractivity contribution in [1.29, 1.82) is 0 Å². The van der Waals surface area contributed by atoms with Gasteiger partial charge in [0.05, 0.1) is 16.6 Å². The highest BCUT2D eigenvalue weighted by atomic mass is 19.4. The van der Waals surface area contributed by atoms with Gasteiger partial charge >= 0.3 is 6.18 Å². The molecule has 0 saturated carbocycles. The first kappa shape index (κ1) is 19.3. The molecule has 1 saturated heterocycles. The van der Waals surface area contributed by atoms with E-state index in [4.69, 9.17) is 0 Å². The predicted octanol–water partition coefficient (Wildman–Crippen LogP) is 3.61. The highest BCUT2D eigenvalue weighted by molar-refractivity contribution is 6.00. The number of carbonyl (C=O) groups is 1. The number of rotatable bonds is 3. The van der Waals surface area contributed by atoms with Crippen molar-refractivity contribution >= 4 is 16.8 Å². The van der Waals surface area contributed by atoms with Crippen LogP contribution in [0.1, 0.15) is 21.5 Å². The number of piperazine rings is 1. The Morgan fingerprint density at radius 3 is 2.38 bits per heavy atom. The van der Waals surface area contributed by atoms with Crippen molar-refractivity contribution in [2.75, 3.05) is 26.2 Å². The van der Waals surface area contributed by atoms with Gasteiger partial charge in [0, 0.05) is 56.7 Å². The van der Waals surface area contributed by atoms with Crippen molar-refractivity contribution < 1.29 is 18.0 Å². The number of aromatic nitrogens is 2. The lowest BCUT2D eigenvalue weighted by molar-refractivity contribution is -0.136. The quantitative estimate of drug-likeness (QED) is 0.674. The van der Waals surface area contributed by atoms with Crippen molar-refractivity contribution in [3.05, 3.63) is 71.7 Å². The Morgan fingerprint density at radius 2 is 1.69 bits per heavy atom. The SMILES string of the molecule is O=C(c1cnc2ccccc2c1C(F)(F)F)N1CCN(Cc2ccncc2)CC1. The van der Waals surface area contributed by atoms with Gasteiger partial charge < -0.3 is 4.90 Å². The van der Waals surface area contributed by atoms with Gasteiger partial charge in [-0.1, -0.05) is 18.2 Å². The van der Waals surface area contributed by atoms with Crippen LogP contribution in [-0.4, -0.2) is 51.9 Å². The number of fused-ring (bicyclic) bond motifs is 1. The fourth-order valence-electron chi connectivity index (χ4n) is 3.63. The van der Waals surface area contributed by atoms with E-state index in [-0.39, 0.29) is 10.9 Å². The molecule has 8 heteroatoms. The van der Waals surface area contributed by atoms with Crippen molar-refractivity contribution in [3.63, 3.8) is 0 Å². The van der Waals surface area contributed by atoms with Gasteiger partial charge in [0.1, 0.15) is 0 Å². The number of halogens is 3. The standard InChI is InChI=1S/C21H19F3N4O/c22-21(23,24)19-16-3-1-2-4-18(16)26-13-17(19)20(29)28-11-9-27(10-12-28)14-15-5-7-25-8-6-15/h1-8,13H,9-12,14H2. The molecule has 0 aliphatic carbocycles. The summed E-state index contributed by atoms with van der Waals surface area (Å²) in [6, 6.07) is 9.86. The maximum atomic E-state index is 13.8. The molecule has 0 unspecified atom stereocenters. The van der Waals surface area contributed by atoms with Gasteiger partial charge in [-0.05, 0) is 23.8 Å². The zero-order valence-corrected chi connectivity index (χ0v) is 15.6. The topological polar surface area (TPSA) is 49.3 Å². The largest absolute Gasteiger partial charge is 0.417 e. The molecule has 0 bridgehead atoms. The van der Waals surface area contributed by atoms with Gasteiger partial charge in [-0.15, -0.1) is 0 Å². The molecule has 3 heterocycles. The Kier molecular flexibility index (Phi) is 5.19. The van der Waals surface area contributed by atoms with Crippen LogP contribution < -0.4 is 0 Å². The maximum absolute atomic E-state index is 13.8. The fourth-order valence-corrected chi connectivity index (χ4v) is 3.63. The Morgan fingerprint density at radius 1 is 1.00 bits per heavy atom. The second-order valence-electron chi connectivity index (χ2n) is 6.99. The molecule has 0 atom stereocenters. The zero-order chi connectivity index (χ0) is 20.4. The number of para-hydroxylation sites is 1. The molecule has 1 amide bonds. The van der Waals surface area contributed by atoms with Gasteiger partial charge in [-0.25, -0.2) is 0 Å². The number of alkyl halides is 3. The lowest BCUT2D eigenvalue weighted by atomic mass is 10.0. The van der Waals surface area contributed by atoms with Gasteiger partial charge in [0.15, 0.2) is 0 Å².